The van der Waals surface area contributed by atoms with Crippen LogP contribution in [-0.2, 0) is 21.7 Å². The third kappa shape index (κ3) is 8.79. The molecule has 0 amide bonds. The monoisotopic (exact) mass is 829 g/mol. The van der Waals surface area contributed by atoms with E-state index < -0.39 is 10.8 Å². The minimum Gasteiger partial charge on any atom is -0.293 e. The summed E-state index contributed by atoms with van der Waals surface area (Å²) in [5.74, 6) is -0.0920. The summed E-state index contributed by atoms with van der Waals surface area (Å²) < 4.78 is 0. The first-order valence-electron chi connectivity index (χ1n) is 21.9. The van der Waals surface area contributed by atoms with Gasteiger partial charge in [-0.3, -0.25) is 9.59 Å². The molecule has 62 heavy (non-hydrogen) atoms. The summed E-state index contributed by atoms with van der Waals surface area (Å²) in [4.78, 5) is 33.1. The summed E-state index contributed by atoms with van der Waals surface area (Å²) in [5, 5.41) is 19.4. The molecule has 0 saturated heterocycles. The van der Waals surface area contributed by atoms with E-state index >= 15 is 0 Å². The molecule has 0 unspecified atom stereocenters. The highest BCUT2D eigenvalue weighted by Gasteiger charge is 2.38. The maximum Gasteiger partial charge on any atom is 0.175 e. The van der Waals surface area contributed by atoms with Gasteiger partial charge in [0.15, 0.2) is 11.6 Å². The fourth-order valence-corrected chi connectivity index (χ4v) is 9.65. The van der Waals surface area contributed by atoms with Gasteiger partial charge in [0.2, 0.25) is 0 Å². The smallest absolute Gasteiger partial charge is 0.175 e. The van der Waals surface area contributed by atoms with Gasteiger partial charge in [0.05, 0.1) is 22.2 Å². The number of hydrogen-bond acceptors (Lipinski definition) is 6. The van der Waals surface area contributed by atoms with Crippen LogP contribution >= 0.6 is 0 Å². The minimum absolute atomic E-state index is 0.0460. The quantitative estimate of drug-likeness (QED) is 0.114. The van der Waals surface area contributed by atoms with Crippen LogP contribution in [0.3, 0.4) is 0 Å². The standard InChI is InChI=1S/C54H64N6O2/c1-49(2,3)33-51(7,8)37-27-29-39(45(31-37)59-55-41-19-15-16-20-42(41)56-59)47(61)53(11,12)35-23-25-36(26-24-35)54(13,14)48(62)40-30-28-38(52(9,10)34-50(4,5)6)32-46(40)60-57-43-21-17-18-22-44(43)58-60/h15-32H,33-34H2,1-14H3. The topological polar surface area (TPSA) is 95.6 Å². The first-order chi connectivity index (χ1) is 28.8. The van der Waals surface area contributed by atoms with Crippen molar-refractivity contribution in [1.29, 1.82) is 0 Å². The third-order valence-corrected chi connectivity index (χ3v) is 12.5. The second-order valence-electron chi connectivity index (χ2n) is 22.1. The van der Waals surface area contributed by atoms with Gasteiger partial charge in [-0.2, -0.15) is 0 Å². The molecule has 0 aliphatic carbocycles. The SMILES string of the molecule is CC(C)(C)CC(C)(C)c1ccc(C(=O)C(C)(C)c2ccc(C(C)(C)C(=O)c3ccc(C(C)(C)CC(C)(C)C)cc3-n3nc4ccccc4n3)cc2)c(-n2nc3ccccc3n2)c1. The normalized spacial score (nSPS) is 13.3. The Hall–Kier alpha value is -5.76. The molecule has 0 atom stereocenters. The zero-order chi connectivity index (χ0) is 45.2. The first-order valence-corrected chi connectivity index (χ1v) is 21.9. The van der Waals surface area contributed by atoms with Gasteiger partial charge in [-0.1, -0.05) is 130 Å². The summed E-state index contributed by atoms with van der Waals surface area (Å²) in [5.41, 5.74) is 7.43. The molecule has 2 heterocycles. The highest BCUT2D eigenvalue weighted by Crippen LogP contribution is 2.41. The van der Waals surface area contributed by atoms with E-state index in [-0.39, 0.29) is 33.2 Å². The Labute approximate surface area is 368 Å². The van der Waals surface area contributed by atoms with E-state index in [1.165, 1.54) is 0 Å². The molecule has 0 bridgehead atoms. The van der Waals surface area contributed by atoms with Gasteiger partial charge in [0, 0.05) is 11.1 Å². The molecule has 2 aromatic heterocycles. The van der Waals surface area contributed by atoms with E-state index in [1.807, 2.05) is 113 Å². The van der Waals surface area contributed by atoms with Crippen molar-refractivity contribution in [2.75, 3.05) is 0 Å². The molecular weight excluding hydrogens is 765 g/mol. The molecule has 8 heteroatoms. The summed E-state index contributed by atoms with van der Waals surface area (Å²) in [7, 11) is 0. The van der Waals surface area contributed by atoms with E-state index in [9.17, 15) is 9.59 Å². The lowest BCUT2D eigenvalue weighted by Gasteiger charge is -2.34. The van der Waals surface area contributed by atoms with Crippen molar-refractivity contribution < 1.29 is 9.59 Å². The number of benzene rings is 5. The van der Waals surface area contributed by atoms with Crippen LogP contribution in [0.1, 0.15) is 153 Å². The Morgan fingerprint density at radius 3 is 0.952 bits per heavy atom. The number of carbonyl (C=O) groups excluding carboxylic acids is 2. The van der Waals surface area contributed by atoms with Crippen LogP contribution < -0.4 is 0 Å². The van der Waals surface area contributed by atoms with Crippen molar-refractivity contribution in [1.82, 2.24) is 30.0 Å². The molecule has 7 aromatic rings. The van der Waals surface area contributed by atoms with Gasteiger partial charge in [-0.05, 0) is 133 Å². The van der Waals surface area contributed by atoms with Crippen LogP contribution in [0.15, 0.2) is 109 Å². The average Bonchev–Trinajstić information content (AvgIpc) is 3.83. The maximum absolute atomic E-state index is 14.9. The second kappa shape index (κ2) is 15.5. The number of aromatic nitrogens is 6. The Balaban J connectivity index is 1.24. The highest BCUT2D eigenvalue weighted by molar-refractivity contribution is 6.07. The van der Waals surface area contributed by atoms with Crippen molar-refractivity contribution in [3.05, 3.63) is 143 Å². The number of ketones is 2. The molecule has 0 saturated carbocycles. The molecule has 0 N–H and O–H groups in total. The van der Waals surface area contributed by atoms with Gasteiger partial charge >= 0.3 is 0 Å². The Morgan fingerprint density at radius 2 is 0.677 bits per heavy atom. The van der Waals surface area contributed by atoms with Crippen molar-refractivity contribution >= 4 is 33.6 Å². The first kappa shape index (κ1) is 44.3. The number of Topliss-reactive ketones (excluding diaryl/α,β-unsaturated/α-hetero) is 2. The molecule has 8 nitrogen and oxygen atoms in total. The van der Waals surface area contributed by atoms with Gasteiger partial charge in [-0.15, -0.1) is 30.0 Å². The molecule has 0 aliphatic rings. The van der Waals surface area contributed by atoms with Gasteiger partial charge < -0.3 is 0 Å². The lowest BCUT2D eigenvalue weighted by atomic mass is 9.71. The van der Waals surface area contributed by atoms with Crippen LogP contribution in [0, 0.1) is 10.8 Å². The van der Waals surface area contributed by atoms with E-state index in [0.29, 0.717) is 22.5 Å². The van der Waals surface area contributed by atoms with Crippen molar-refractivity contribution in [3.8, 4) is 11.4 Å². The molecule has 0 radical (unpaired) electrons. The molecule has 0 aliphatic heterocycles. The Morgan fingerprint density at radius 1 is 0.403 bits per heavy atom. The zero-order valence-electron chi connectivity index (χ0n) is 39.3. The van der Waals surface area contributed by atoms with Gasteiger partial charge in [0.1, 0.15) is 22.1 Å². The van der Waals surface area contributed by atoms with Gasteiger partial charge in [0.25, 0.3) is 0 Å². The zero-order valence-corrected chi connectivity index (χ0v) is 39.3. The predicted molar refractivity (Wildman–Crippen MR) is 253 cm³/mol. The summed E-state index contributed by atoms with van der Waals surface area (Å²) in [6.45, 7) is 30.4. The number of rotatable bonds is 12. The second-order valence-corrected chi connectivity index (χ2v) is 22.1. The van der Waals surface area contributed by atoms with E-state index in [2.05, 4.69) is 93.5 Å². The van der Waals surface area contributed by atoms with Crippen molar-refractivity contribution in [3.63, 3.8) is 0 Å². The van der Waals surface area contributed by atoms with Crippen molar-refractivity contribution in [2.45, 2.75) is 131 Å². The highest BCUT2D eigenvalue weighted by atomic mass is 16.1. The fourth-order valence-electron chi connectivity index (χ4n) is 9.65. The summed E-state index contributed by atoms with van der Waals surface area (Å²) in [6.07, 6.45) is 1.91. The van der Waals surface area contributed by atoms with Crippen LogP contribution in [0.25, 0.3) is 33.4 Å². The molecule has 5 aromatic carbocycles. The van der Waals surface area contributed by atoms with Crippen molar-refractivity contribution in [2.24, 2.45) is 10.8 Å². The van der Waals surface area contributed by atoms with Crippen LogP contribution in [0.4, 0.5) is 0 Å². The lowest BCUT2D eigenvalue weighted by molar-refractivity contribution is 0.0899. The molecule has 0 spiro atoms. The molecular formula is C54H64N6O2. The number of fused-ring (bicyclic) bond motifs is 2. The average molecular weight is 829 g/mol. The number of carbonyl (C=O) groups is 2. The molecule has 322 valence electrons. The van der Waals surface area contributed by atoms with E-state index in [1.54, 1.807) is 9.59 Å². The largest absolute Gasteiger partial charge is 0.293 e. The Bertz CT molecular complexity index is 2540. The van der Waals surface area contributed by atoms with Gasteiger partial charge in [-0.25, -0.2) is 0 Å². The Kier molecular flexibility index (Phi) is 11.1. The number of nitrogens with zero attached hydrogens (tertiary/aromatic N) is 6. The molecule has 0 fully saturated rings. The number of hydrogen-bond donors (Lipinski definition) is 0. The fraction of sp³-hybridized carbons (Fsp3) is 0.407. The van der Waals surface area contributed by atoms with Crippen LogP contribution in [0.5, 0.6) is 0 Å². The van der Waals surface area contributed by atoms with E-state index in [0.717, 1.165) is 57.2 Å². The van der Waals surface area contributed by atoms with Crippen LogP contribution in [0.2, 0.25) is 0 Å². The summed E-state index contributed by atoms with van der Waals surface area (Å²) >= 11 is 0. The predicted octanol–water partition coefficient (Wildman–Crippen LogP) is 12.9. The maximum atomic E-state index is 14.9. The minimum atomic E-state index is -0.924. The molecule has 7 rings (SSSR count). The third-order valence-electron chi connectivity index (χ3n) is 12.5. The van der Waals surface area contributed by atoms with Crippen LogP contribution in [-0.4, -0.2) is 41.6 Å². The summed E-state index contributed by atoms with van der Waals surface area (Å²) in [6, 6.07) is 35.8. The lowest BCUT2D eigenvalue weighted by Crippen LogP contribution is -2.32. The van der Waals surface area contributed by atoms with E-state index in [4.69, 9.17) is 20.4 Å².